The Morgan fingerprint density at radius 3 is 2.56 bits per heavy atom. The first-order valence-corrected chi connectivity index (χ1v) is 5.68. The van der Waals surface area contributed by atoms with Crippen LogP contribution in [0.25, 0.3) is 0 Å². The van der Waals surface area contributed by atoms with E-state index < -0.39 is 0 Å². The summed E-state index contributed by atoms with van der Waals surface area (Å²) in [4.78, 5) is 15.9. The minimum absolute atomic E-state index is 0. The molecule has 1 fully saturated rings. The second-order valence-electron chi connectivity index (χ2n) is 4.39. The quantitative estimate of drug-likeness (QED) is 0.894. The Labute approximate surface area is 120 Å². The number of amides is 1. The van der Waals surface area contributed by atoms with E-state index >= 15 is 0 Å². The van der Waals surface area contributed by atoms with Gasteiger partial charge < -0.3 is 11.1 Å². The van der Waals surface area contributed by atoms with Gasteiger partial charge in [-0.2, -0.15) is 0 Å². The van der Waals surface area contributed by atoms with Gasteiger partial charge >= 0.3 is 0 Å². The zero-order chi connectivity index (χ0) is 11.4. The van der Waals surface area contributed by atoms with Crippen molar-refractivity contribution in [1.82, 2.24) is 10.3 Å². The Hall–Kier alpha value is -0.840. The molecule has 0 aromatic carbocycles. The van der Waals surface area contributed by atoms with Crippen LogP contribution in [0.5, 0.6) is 0 Å². The number of aromatic nitrogens is 1. The van der Waals surface area contributed by atoms with Gasteiger partial charge in [-0.05, 0) is 25.0 Å². The number of rotatable bonds is 3. The van der Waals surface area contributed by atoms with Gasteiger partial charge in [0.1, 0.15) is 0 Å². The maximum atomic E-state index is 12.0. The molecule has 0 atom stereocenters. The van der Waals surface area contributed by atoms with Crippen LogP contribution in [0.15, 0.2) is 24.5 Å². The van der Waals surface area contributed by atoms with Crippen LogP contribution in [0.1, 0.15) is 36.0 Å². The molecule has 1 amide bonds. The van der Waals surface area contributed by atoms with Crippen LogP contribution in [0.4, 0.5) is 0 Å². The van der Waals surface area contributed by atoms with Gasteiger partial charge in [-0.3, -0.25) is 9.78 Å². The molecule has 4 nitrogen and oxygen atoms in total. The summed E-state index contributed by atoms with van der Waals surface area (Å²) in [5.74, 6) is -0.0690. The molecule has 0 unspecified atom stereocenters. The molecule has 0 bridgehead atoms. The van der Waals surface area contributed by atoms with Crippen molar-refractivity contribution in [2.45, 2.75) is 31.2 Å². The fraction of sp³-hybridized carbons (Fsp3) is 0.500. The molecule has 0 saturated heterocycles. The van der Waals surface area contributed by atoms with Crippen molar-refractivity contribution in [3.05, 3.63) is 30.1 Å². The Kier molecular flexibility index (Phi) is 7.21. The van der Waals surface area contributed by atoms with Crippen LogP contribution >= 0.6 is 24.8 Å². The van der Waals surface area contributed by atoms with Crippen molar-refractivity contribution in [2.24, 2.45) is 5.73 Å². The molecule has 102 valence electrons. The molecule has 0 radical (unpaired) electrons. The number of carbonyl (C=O) groups is 1. The summed E-state index contributed by atoms with van der Waals surface area (Å²) in [7, 11) is 0. The Morgan fingerprint density at radius 1 is 1.39 bits per heavy atom. The fourth-order valence-electron chi connectivity index (χ4n) is 2.24. The maximum Gasteiger partial charge on any atom is 0.253 e. The number of nitrogens with zero attached hydrogens (tertiary/aromatic N) is 1. The number of halogens is 2. The average Bonchev–Trinajstić information content (AvgIpc) is 2.79. The lowest BCUT2D eigenvalue weighted by atomic mass is 9.97. The van der Waals surface area contributed by atoms with Gasteiger partial charge in [0.05, 0.1) is 11.1 Å². The highest BCUT2D eigenvalue weighted by atomic mass is 35.5. The third kappa shape index (κ3) is 3.83. The molecule has 6 heteroatoms. The van der Waals surface area contributed by atoms with Gasteiger partial charge in [-0.1, -0.05) is 12.8 Å². The number of hydrogen-bond acceptors (Lipinski definition) is 3. The monoisotopic (exact) mass is 291 g/mol. The topological polar surface area (TPSA) is 68.0 Å². The fourth-order valence-corrected chi connectivity index (χ4v) is 2.24. The van der Waals surface area contributed by atoms with E-state index in [9.17, 15) is 4.79 Å². The minimum atomic E-state index is -0.188. The van der Waals surface area contributed by atoms with Gasteiger partial charge in [0.2, 0.25) is 0 Å². The molecule has 1 heterocycles. The highest BCUT2D eigenvalue weighted by Crippen LogP contribution is 2.28. The molecule has 1 aromatic rings. The Morgan fingerprint density at radius 2 is 2.06 bits per heavy atom. The first kappa shape index (κ1) is 17.2. The molecule has 18 heavy (non-hydrogen) atoms. The maximum absolute atomic E-state index is 12.0. The van der Waals surface area contributed by atoms with E-state index in [0.717, 1.165) is 25.7 Å². The molecule has 0 aliphatic heterocycles. The number of hydrogen-bond donors (Lipinski definition) is 2. The van der Waals surface area contributed by atoms with E-state index in [2.05, 4.69) is 10.3 Å². The van der Waals surface area contributed by atoms with Crippen LogP contribution in [0.3, 0.4) is 0 Å². The molecule has 1 aromatic heterocycles. The number of nitrogens with two attached hydrogens (primary N) is 1. The molecule has 1 aliphatic rings. The second-order valence-corrected chi connectivity index (χ2v) is 4.39. The smallest absolute Gasteiger partial charge is 0.253 e. The van der Waals surface area contributed by atoms with Crippen molar-refractivity contribution < 1.29 is 4.79 Å². The third-order valence-corrected chi connectivity index (χ3v) is 3.25. The van der Waals surface area contributed by atoms with Crippen LogP contribution in [-0.4, -0.2) is 23.0 Å². The van der Waals surface area contributed by atoms with Gasteiger partial charge in [-0.25, -0.2) is 0 Å². The summed E-state index contributed by atoms with van der Waals surface area (Å²) >= 11 is 0. The van der Waals surface area contributed by atoms with Crippen molar-refractivity contribution >= 4 is 30.7 Å². The number of nitrogens with one attached hydrogen (secondary N) is 1. The van der Waals surface area contributed by atoms with Gasteiger partial charge in [0.15, 0.2) is 0 Å². The van der Waals surface area contributed by atoms with Crippen LogP contribution in [0.2, 0.25) is 0 Å². The lowest BCUT2D eigenvalue weighted by Gasteiger charge is -2.28. The standard InChI is InChI=1S/C12H17N3O.2ClH/c13-9-12(5-1-2-6-12)15-11(16)10-4-3-7-14-8-10;;/h3-4,7-8H,1-2,5-6,9,13H2,(H,15,16);2*1H. The Balaban J connectivity index is 0.00000144. The Bertz CT molecular complexity index is 367. The van der Waals surface area contributed by atoms with Gasteiger partial charge in [-0.15, -0.1) is 24.8 Å². The normalized spacial score (nSPS) is 16.3. The van der Waals surface area contributed by atoms with E-state index in [-0.39, 0.29) is 36.3 Å². The van der Waals surface area contributed by atoms with Crippen molar-refractivity contribution in [3.8, 4) is 0 Å². The lowest BCUT2D eigenvalue weighted by Crippen LogP contribution is -2.51. The average molecular weight is 292 g/mol. The van der Waals surface area contributed by atoms with Gasteiger partial charge in [0.25, 0.3) is 5.91 Å². The highest BCUT2D eigenvalue weighted by molar-refractivity contribution is 5.94. The largest absolute Gasteiger partial charge is 0.345 e. The summed E-state index contributed by atoms with van der Waals surface area (Å²) in [5.41, 5.74) is 6.18. The second kappa shape index (κ2) is 7.56. The molecular formula is C12H19Cl2N3O. The SMILES string of the molecule is Cl.Cl.NCC1(NC(=O)c2cccnc2)CCCC1. The summed E-state index contributed by atoms with van der Waals surface area (Å²) in [6.45, 7) is 0.513. The minimum Gasteiger partial charge on any atom is -0.345 e. The van der Waals surface area contributed by atoms with E-state index in [1.807, 2.05) is 0 Å². The van der Waals surface area contributed by atoms with Crippen LogP contribution in [-0.2, 0) is 0 Å². The molecule has 2 rings (SSSR count). The van der Waals surface area contributed by atoms with Crippen molar-refractivity contribution in [1.29, 1.82) is 0 Å². The van der Waals surface area contributed by atoms with Crippen LogP contribution in [0, 0.1) is 0 Å². The first-order chi connectivity index (χ1) is 7.76. The molecule has 1 saturated carbocycles. The predicted molar refractivity (Wildman–Crippen MR) is 76.5 cm³/mol. The van der Waals surface area contributed by atoms with Crippen molar-refractivity contribution in [2.75, 3.05) is 6.54 Å². The summed E-state index contributed by atoms with van der Waals surface area (Å²) in [5, 5.41) is 3.05. The summed E-state index contributed by atoms with van der Waals surface area (Å²) < 4.78 is 0. The molecule has 0 spiro atoms. The van der Waals surface area contributed by atoms with Crippen LogP contribution < -0.4 is 11.1 Å². The van der Waals surface area contributed by atoms with Crippen molar-refractivity contribution in [3.63, 3.8) is 0 Å². The predicted octanol–water partition coefficient (Wildman–Crippen LogP) is 1.93. The highest BCUT2D eigenvalue weighted by Gasteiger charge is 2.33. The zero-order valence-electron chi connectivity index (χ0n) is 10.1. The van der Waals surface area contributed by atoms with E-state index in [0.29, 0.717) is 12.1 Å². The number of pyridine rings is 1. The van der Waals surface area contributed by atoms with E-state index in [1.165, 1.54) is 0 Å². The third-order valence-electron chi connectivity index (χ3n) is 3.25. The molecule has 3 N–H and O–H groups in total. The number of carbonyl (C=O) groups excluding carboxylic acids is 1. The van der Waals surface area contributed by atoms with E-state index in [1.54, 1.807) is 24.5 Å². The van der Waals surface area contributed by atoms with E-state index in [4.69, 9.17) is 5.73 Å². The summed E-state index contributed by atoms with van der Waals surface area (Å²) in [6, 6.07) is 3.53. The molecular weight excluding hydrogens is 273 g/mol. The molecule has 1 aliphatic carbocycles. The first-order valence-electron chi connectivity index (χ1n) is 5.68. The lowest BCUT2D eigenvalue weighted by molar-refractivity contribution is 0.0902. The summed E-state index contributed by atoms with van der Waals surface area (Å²) in [6.07, 6.45) is 7.49. The van der Waals surface area contributed by atoms with Gasteiger partial charge in [0, 0.05) is 18.9 Å². The zero-order valence-corrected chi connectivity index (χ0v) is 11.7.